The number of aromatic nitrogens is 13. The molecule has 21 atom stereocenters. The van der Waals surface area contributed by atoms with Crippen molar-refractivity contribution in [2.45, 2.75) is 310 Å². The molecule has 1 aliphatic carbocycles. The number of ketones is 1. The minimum Gasteiger partial charge on any atom is -0.394 e. The molecule has 7 aromatic rings. The van der Waals surface area contributed by atoms with Crippen LogP contribution in [0.2, 0.25) is 0 Å². The number of azide groups is 1. The third-order valence-corrected chi connectivity index (χ3v) is 23.9. The molecule has 47 nitrogen and oxygen atoms in total. The van der Waals surface area contributed by atoms with Gasteiger partial charge < -0.3 is 120 Å². The number of nitrogens with zero attached hydrogens (tertiary/aromatic N) is 12. The van der Waals surface area contributed by atoms with Gasteiger partial charge in [-0.25, -0.2) is 34.1 Å². The number of Topliss-reactive ketones (excluding diaryl/α,β-unsaturated/α-hetero) is 1. The Morgan fingerprint density at radius 1 is 0.561 bits per heavy atom. The summed E-state index contributed by atoms with van der Waals surface area (Å²) in [7, 11) is 0. The van der Waals surface area contributed by atoms with Gasteiger partial charge >= 0.3 is 22.8 Å². The number of nitrogen functional groups attached to an aromatic ring is 1. The van der Waals surface area contributed by atoms with Gasteiger partial charge in [-0.15, -0.1) is 0 Å². The summed E-state index contributed by atoms with van der Waals surface area (Å²) >= 11 is 0. The second-order valence-corrected chi connectivity index (χ2v) is 33.7. The van der Waals surface area contributed by atoms with Crippen molar-refractivity contribution in [1.29, 1.82) is 0 Å². The zero-order chi connectivity index (χ0) is 96.3. The van der Waals surface area contributed by atoms with Gasteiger partial charge in [-0.3, -0.25) is 57.2 Å². The number of aromatic amines is 4. The molecule has 20 N–H and O–H groups in total. The molecule has 6 saturated heterocycles. The summed E-state index contributed by atoms with van der Waals surface area (Å²) in [6.45, 7) is 6.03. The molecule has 6 fully saturated rings. The fraction of sp³-hybridized carbons (Fsp3) is 0.659. The number of aliphatic hydroxyl groups is 14. The highest BCUT2D eigenvalue weighted by atomic mass is 16.7. The van der Waals surface area contributed by atoms with E-state index in [9.17, 15) is 94.2 Å². The van der Waals surface area contributed by atoms with E-state index >= 15 is 0 Å². The molecule has 13 heterocycles. The van der Waals surface area contributed by atoms with Crippen molar-refractivity contribution in [1.82, 2.24) is 62.7 Å². The van der Waals surface area contributed by atoms with E-state index in [2.05, 4.69) is 51.8 Å². The SMILES string of the molecule is CCCCCCCCCCCCCCCCCCCCCC(=O)Cc1ccn([C@@H]2O[C@H](CO)[C@@H](O)[C@@H]2O)c(=O)n1.C[C@@]1(O)[C@H](O)[C@@H](CO)O[C@H]1n1ccc(=O)[nH]c1=O.C[C@@]1(O)[C@H](O)[C@@H](CO)O[C@H]1n1ccc2c(N)ncnc21.Cc1cn([C@H]2CO[C@@H](CO)O2)c(=O)[nH]c1=O.Cc1cn([C@H]2C[C@H](N=[N+]=[N-])[C@@H](CO)O2)c(=O)[nH]c1=O.O=c1[nH]cnc2c1CC=C2[C@@H]1O[C@H](CO)[C@@H](O)[C@H]1O. The lowest BCUT2D eigenvalue weighted by molar-refractivity contribution is -0.118. The van der Waals surface area contributed by atoms with Crippen LogP contribution in [0.1, 0.15) is 215 Å². The molecule has 0 radical (unpaired) electrons. The molecular formula is C85H125N17O30. The van der Waals surface area contributed by atoms with E-state index in [-0.39, 0.29) is 57.2 Å². The van der Waals surface area contributed by atoms with Crippen molar-refractivity contribution in [3.05, 3.63) is 190 Å². The number of nitrogens with two attached hydrogens (primary N) is 1. The Morgan fingerprint density at radius 3 is 1.57 bits per heavy atom. The van der Waals surface area contributed by atoms with Gasteiger partial charge in [-0.2, -0.15) is 4.98 Å². The van der Waals surface area contributed by atoms with Crippen LogP contribution in [0.5, 0.6) is 0 Å². The minimum atomic E-state index is -1.75. The van der Waals surface area contributed by atoms with Gasteiger partial charge in [0, 0.05) is 83.5 Å². The molecule has 7 aromatic heterocycles. The highest BCUT2D eigenvalue weighted by Crippen LogP contribution is 2.42. The topological polar surface area (TPSA) is 716 Å². The Labute approximate surface area is 754 Å². The lowest BCUT2D eigenvalue weighted by Gasteiger charge is -2.27. The molecule has 14 rings (SSSR count). The van der Waals surface area contributed by atoms with Gasteiger partial charge in [0.05, 0.1) is 81.5 Å². The zero-order valence-corrected chi connectivity index (χ0v) is 74.3. The fourth-order valence-electron chi connectivity index (χ4n) is 16.2. The first-order valence-electron chi connectivity index (χ1n) is 44.3. The molecule has 0 amide bonds. The largest absolute Gasteiger partial charge is 0.394 e. The highest BCUT2D eigenvalue weighted by Gasteiger charge is 2.55. The quantitative estimate of drug-likeness (QED) is 0.00985. The first-order chi connectivity index (χ1) is 63.1. The third kappa shape index (κ3) is 27.0. The predicted molar refractivity (Wildman–Crippen MR) is 469 cm³/mol. The van der Waals surface area contributed by atoms with Gasteiger partial charge in [-0.05, 0) is 58.2 Å². The van der Waals surface area contributed by atoms with Gasteiger partial charge in [0.1, 0.15) is 108 Å². The fourth-order valence-corrected chi connectivity index (χ4v) is 16.2. The van der Waals surface area contributed by atoms with E-state index in [1.165, 1.54) is 157 Å². The van der Waals surface area contributed by atoms with E-state index in [0.29, 0.717) is 63.3 Å². The van der Waals surface area contributed by atoms with Crippen molar-refractivity contribution in [3.8, 4) is 0 Å². The first-order valence-corrected chi connectivity index (χ1v) is 44.3. The number of fused-ring (bicyclic) bond motifs is 2. The Hall–Kier alpha value is -9.90. The monoisotopic (exact) mass is 1860 g/mol. The van der Waals surface area contributed by atoms with Crippen molar-refractivity contribution in [2.24, 2.45) is 5.11 Å². The number of carbonyl (C=O) groups excluding carboxylic acids is 1. The smallest absolute Gasteiger partial charge is 0.350 e. The van der Waals surface area contributed by atoms with Crippen LogP contribution in [0, 0.1) is 13.8 Å². The number of aryl methyl sites for hydroxylation is 2. The van der Waals surface area contributed by atoms with Crippen molar-refractivity contribution in [3.63, 3.8) is 0 Å². The van der Waals surface area contributed by atoms with Gasteiger partial charge in [0.25, 0.3) is 22.2 Å². The Balaban J connectivity index is 0.000000185. The molecule has 0 unspecified atom stereocenters. The molecule has 0 saturated carbocycles. The van der Waals surface area contributed by atoms with Crippen LogP contribution >= 0.6 is 0 Å². The van der Waals surface area contributed by atoms with E-state index in [0.717, 1.165) is 40.7 Å². The number of H-pyrrole nitrogens is 4. The number of carbonyl (C=O) groups is 1. The predicted octanol–water partition coefficient (Wildman–Crippen LogP) is -0.955. The Morgan fingerprint density at radius 2 is 1.07 bits per heavy atom. The number of ether oxygens (including phenoxy) is 7. The molecule has 47 heteroatoms. The van der Waals surface area contributed by atoms with Crippen molar-refractivity contribution >= 4 is 28.2 Å². The minimum absolute atomic E-state index is 0.0598. The molecule has 132 heavy (non-hydrogen) atoms. The van der Waals surface area contributed by atoms with Gasteiger partial charge in [0.15, 0.2) is 31.2 Å². The lowest BCUT2D eigenvalue weighted by Crippen LogP contribution is -2.46. The second kappa shape index (κ2) is 50.4. The maximum Gasteiger partial charge on any atom is 0.350 e. The number of nitrogens with one attached hydrogen (secondary N) is 4. The van der Waals surface area contributed by atoms with Gasteiger partial charge in [0.2, 0.25) is 0 Å². The number of hydrogen-bond donors (Lipinski definition) is 19. The average molecular weight is 1870 g/mol. The van der Waals surface area contributed by atoms with Crippen molar-refractivity contribution < 1.29 is 109 Å². The van der Waals surface area contributed by atoms with E-state index in [1.54, 1.807) is 42.8 Å². The number of aliphatic hydroxyl groups excluding tert-OH is 12. The first kappa shape index (κ1) is 106. The number of anilines is 1. The van der Waals surface area contributed by atoms with Crippen LogP contribution in [0.25, 0.3) is 27.0 Å². The lowest BCUT2D eigenvalue weighted by atomic mass is 9.96. The number of hydrogen-bond acceptors (Lipinski definition) is 36. The molecule has 730 valence electrons. The summed E-state index contributed by atoms with van der Waals surface area (Å²) in [6, 6.07) is 3.83. The summed E-state index contributed by atoms with van der Waals surface area (Å²) in [6.07, 6.45) is 20.0. The normalized spacial score (nSPS) is 27.9. The van der Waals surface area contributed by atoms with Crippen LogP contribution in [0.3, 0.4) is 0 Å². The summed E-state index contributed by atoms with van der Waals surface area (Å²) in [5.41, 5.74) is 9.90. The summed E-state index contributed by atoms with van der Waals surface area (Å²) < 4.78 is 43.5. The Bertz CT molecular complexity index is 5450. The van der Waals surface area contributed by atoms with Gasteiger partial charge in [-0.1, -0.05) is 134 Å². The highest BCUT2D eigenvalue weighted by molar-refractivity contribution is 5.86. The van der Waals surface area contributed by atoms with Crippen LogP contribution in [0.15, 0.2) is 111 Å². The summed E-state index contributed by atoms with van der Waals surface area (Å²) in [4.78, 5) is 132. The zero-order valence-electron chi connectivity index (χ0n) is 74.3. The number of rotatable bonds is 35. The van der Waals surface area contributed by atoms with Crippen LogP contribution in [0.4, 0.5) is 5.82 Å². The number of allylic oxidation sites excluding steroid dienone is 1. The van der Waals surface area contributed by atoms with E-state index in [1.807, 2.05) is 4.98 Å². The summed E-state index contributed by atoms with van der Waals surface area (Å²) in [5.74, 6) is 0.384. The molecule has 0 spiro atoms. The maximum absolute atomic E-state index is 12.4. The standard InChI is InChI=1S/C32H56N2O6.C12H16N4O4.C12H14N2O5.C10H13N5O4.C10H14N2O6.C9H12N2O5/c1-2-3-4-5-6-7-8-9-10-11-12-13-14-15-16-17-18-19-20-21-27(36)24-26-22-23-34(32(39)33-26)31-30(38)29(37)28(25-35)40-31;1-12(19)8(18)7(4-17)20-11(12)16-3-2-6-9(13)14-5-15-10(6)16;15-3-7-9(16)10(17)11(19-7)5-1-2-6-8(5)13-4-14-12(6)18;1-5-3-15(10(18)12-9(5)17)8-2-6(13-14-11)7(4-16)19-8;1-10(17)7(15)5(4-13)18-8(10)12-3-2-6(14)11-9(12)16;1-5-2-11(9(14)10-8(5)13)6-4-15-7(3-12)16-6/h22-23,28-31,35,37-38H,2-21,24-25H2,1H3;2-3,5,7-8,11,17-19H,4H2,1H3,(H2,13,14,15);1,4,7,9-11,15-17H,2-3H2,(H,13,14,18);3,6-8,16H,2,4H2,1H3,(H,12,17,18);2-3,5,7-8,13,15,17H,4H2,1H3,(H,11,14,16);2,6-7,12H,3-4H2,1H3,(H,10,13,14)/t28-,29-,30+,31-;7-,8-,11-,12-;7-,9-,10-,11+;6-,7+,8+;5-,7-,8-,10-;6-,7-/m111011/s1. The molecule has 0 aromatic carbocycles. The second-order valence-electron chi connectivity index (χ2n) is 33.7. The van der Waals surface area contributed by atoms with Crippen LogP contribution in [-0.4, -0.2) is 283 Å². The van der Waals surface area contributed by atoms with Crippen molar-refractivity contribution in [2.75, 3.05) is 52.0 Å². The summed E-state index contributed by atoms with van der Waals surface area (Å²) in [5, 5.41) is 139. The number of unbranched alkanes of at least 4 members (excludes halogenated alkanes) is 18. The maximum atomic E-state index is 12.4. The average Bonchev–Trinajstić information content (AvgIpc) is 1.61. The van der Waals surface area contributed by atoms with E-state index < -0.39 is 181 Å². The molecular weight excluding hydrogens is 1740 g/mol. The molecule has 6 aliphatic heterocycles. The van der Waals surface area contributed by atoms with Crippen LogP contribution in [-0.2, 0) is 50.8 Å². The molecule has 7 aliphatic rings. The third-order valence-electron chi connectivity index (χ3n) is 23.9. The van der Waals surface area contributed by atoms with E-state index in [4.69, 9.17) is 64.8 Å². The molecule has 0 bridgehead atoms. The van der Waals surface area contributed by atoms with Crippen LogP contribution < -0.4 is 50.7 Å². The Kier molecular flexibility index (Phi) is 40.4.